The minimum Gasteiger partial charge on any atom is -0.372 e. The fourth-order valence-corrected chi connectivity index (χ4v) is 5.71. The van der Waals surface area contributed by atoms with E-state index < -0.39 is 0 Å². The van der Waals surface area contributed by atoms with E-state index in [1.807, 2.05) is 43.3 Å². The summed E-state index contributed by atoms with van der Waals surface area (Å²) in [5.74, 6) is -0.228. The number of benzene rings is 3. The molecule has 1 amide bonds. The fourth-order valence-electron chi connectivity index (χ4n) is 4.30. The van der Waals surface area contributed by atoms with Gasteiger partial charge in [-0.15, -0.1) is 21.5 Å². The molecule has 0 unspecified atom stereocenters. The quantitative estimate of drug-likeness (QED) is 0.271. The van der Waals surface area contributed by atoms with E-state index in [0.717, 1.165) is 45.5 Å². The standard InChI is InChI=1S/C27H26ClN5OS/c1-5-32(6-2)18-11-12-23(17(4)13-18)33-30-21-14-16(3)20(15-22(21)31-33)29-27(34)26-25(28)19-9-7-8-10-24(19)35-26/h7-15H,5-6H2,1-4H3,(H,29,34). The molecule has 5 rings (SSSR count). The normalized spacial score (nSPS) is 11.3. The van der Waals surface area contributed by atoms with Crippen LogP contribution >= 0.6 is 22.9 Å². The van der Waals surface area contributed by atoms with Gasteiger partial charge in [-0.3, -0.25) is 4.79 Å². The van der Waals surface area contributed by atoms with Gasteiger partial charge in [-0.2, -0.15) is 4.80 Å². The van der Waals surface area contributed by atoms with Crippen molar-refractivity contribution in [3.05, 3.63) is 75.6 Å². The Morgan fingerprint density at radius 3 is 2.40 bits per heavy atom. The van der Waals surface area contributed by atoms with Crippen molar-refractivity contribution in [2.75, 3.05) is 23.3 Å². The number of aromatic nitrogens is 3. The highest BCUT2D eigenvalue weighted by Crippen LogP contribution is 2.36. The van der Waals surface area contributed by atoms with Gasteiger partial charge in [0.05, 0.1) is 10.7 Å². The SMILES string of the molecule is CCN(CC)c1ccc(-n2nc3cc(C)c(NC(=O)c4sc5ccccc5c4Cl)cc3n2)c(C)c1. The second-order valence-corrected chi connectivity index (χ2v) is 9.91. The van der Waals surface area contributed by atoms with Crippen LogP contribution in [0, 0.1) is 13.8 Å². The molecule has 0 spiro atoms. The molecule has 0 saturated heterocycles. The summed E-state index contributed by atoms with van der Waals surface area (Å²) >= 11 is 7.90. The Morgan fingerprint density at radius 2 is 1.71 bits per heavy atom. The average molecular weight is 504 g/mol. The Labute approximate surface area is 213 Å². The first kappa shape index (κ1) is 23.3. The third kappa shape index (κ3) is 4.26. The van der Waals surface area contributed by atoms with Gasteiger partial charge in [0.15, 0.2) is 0 Å². The maximum Gasteiger partial charge on any atom is 0.267 e. The number of anilines is 2. The number of rotatable bonds is 6. The first-order valence-corrected chi connectivity index (χ1v) is 12.8. The molecule has 2 heterocycles. The Balaban J connectivity index is 1.46. The summed E-state index contributed by atoms with van der Waals surface area (Å²) in [5, 5.41) is 13.8. The van der Waals surface area contributed by atoms with E-state index in [1.165, 1.54) is 17.0 Å². The number of amides is 1. The largest absolute Gasteiger partial charge is 0.372 e. The minimum atomic E-state index is -0.228. The molecule has 3 aromatic carbocycles. The van der Waals surface area contributed by atoms with Gasteiger partial charge in [0, 0.05) is 34.6 Å². The van der Waals surface area contributed by atoms with Gasteiger partial charge < -0.3 is 10.2 Å². The number of thiophene rings is 1. The molecule has 5 aromatic rings. The molecule has 0 aliphatic heterocycles. The molecule has 8 heteroatoms. The maximum atomic E-state index is 13.1. The lowest BCUT2D eigenvalue weighted by atomic mass is 10.1. The van der Waals surface area contributed by atoms with Crippen LogP contribution in [0.2, 0.25) is 5.02 Å². The molecule has 2 aromatic heterocycles. The fraction of sp³-hybridized carbons (Fsp3) is 0.222. The predicted octanol–water partition coefficient (Wildman–Crippen LogP) is 7.00. The summed E-state index contributed by atoms with van der Waals surface area (Å²) in [5.41, 5.74) is 6.29. The van der Waals surface area contributed by atoms with Gasteiger partial charge in [0.2, 0.25) is 0 Å². The first-order valence-electron chi connectivity index (χ1n) is 11.6. The molecule has 178 valence electrons. The summed E-state index contributed by atoms with van der Waals surface area (Å²) < 4.78 is 0.986. The molecule has 0 fully saturated rings. The van der Waals surface area contributed by atoms with Crippen LogP contribution in [-0.4, -0.2) is 34.0 Å². The topological polar surface area (TPSA) is 63.1 Å². The zero-order chi connectivity index (χ0) is 24.7. The van der Waals surface area contributed by atoms with Crippen LogP contribution < -0.4 is 10.2 Å². The lowest BCUT2D eigenvalue weighted by Crippen LogP contribution is -2.21. The summed E-state index contributed by atoms with van der Waals surface area (Å²) in [6, 6.07) is 17.9. The second-order valence-electron chi connectivity index (χ2n) is 8.48. The average Bonchev–Trinajstić information content (AvgIpc) is 3.41. The number of carbonyl (C=O) groups excluding carboxylic acids is 1. The van der Waals surface area contributed by atoms with E-state index in [0.29, 0.717) is 21.1 Å². The molecule has 0 bridgehead atoms. The summed E-state index contributed by atoms with van der Waals surface area (Å²) in [6.45, 7) is 10.2. The van der Waals surface area contributed by atoms with Crippen LogP contribution in [0.3, 0.4) is 0 Å². The van der Waals surface area contributed by atoms with Crippen molar-refractivity contribution in [1.82, 2.24) is 15.0 Å². The Hall–Kier alpha value is -3.42. The number of nitrogens with one attached hydrogen (secondary N) is 1. The molecule has 6 nitrogen and oxygen atoms in total. The van der Waals surface area contributed by atoms with Crippen LogP contribution in [-0.2, 0) is 0 Å². The molecule has 0 aliphatic rings. The van der Waals surface area contributed by atoms with Crippen molar-refractivity contribution in [3.63, 3.8) is 0 Å². The van der Waals surface area contributed by atoms with E-state index >= 15 is 0 Å². The molecular weight excluding hydrogens is 478 g/mol. The van der Waals surface area contributed by atoms with E-state index in [2.05, 4.69) is 49.2 Å². The third-order valence-corrected chi connectivity index (χ3v) is 7.91. The number of fused-ring (bicyclic) bond motifs is 2. The summed E-state index contributed by atoms with van der Waals surface area (Å²) in [4.78, 5) is 17.5. The monoisotopic (exact) mass is 503 g/mol. The van der Waals surface area contributed by atoms with Gasteiger partial charge >= 0.3 is 0 Å². The number of aryl methyl sites for hydroxylation is 2. The molecule has 1 N–H and O–H groups in total. The van der Waals surface area contributed by atoms with E-state index in [4.69, 9.17) is 21.8 Å². The van der Waals surface area contributed by atoms with Gasteiger partial charge in [-0.05, 0) is 75.2 Å². The Kier molecular flexibility index (Phi) is 6.21. The van der Waals surface area contributed by atoms with Crippen LogP contribution in [0.4, 0.5) is 11.4 Å². The highest BCUT2D eigenvalue weighted by atomic mass is 35.5. The molecule has 0 saturated carbocycles. The van der Waals surface area contributed by atoms with Crippen molar-refractivity contribution in [2.24, 2.45) is 0 Å². The lowest BCUT2D eigenvalue weighted by molar-refractivity contribution is 0.103. The summed E-state index contributed by atoms with van der Waals surface area (Å²) in [7, 11) is 0. The zero-order valence-corrected chi connectivity index (χ0v) is 21.7. The minimum absolute atomic E-state index is 0.228. The van der Waals surface area contributed by atoms with Crippen molar-refractivity contribution < 1.29 is 4.79 Å². The highest BCUT2D eigenvalue weighted by molar-refractivity contribution is 7.21. The van der Waals surface area contributed by atoms with Crippen LogP contribution in [0.1, 0.15) is 34.6 Å². The molecular formula is C27H26ClN5OS. The maximum absolute atomic E-state index is 13.1. The smallest absolute Gasteiger partial charge is 0.267 e. The van der Waals surface area contributed by atoms with E-state index in [1.54, 1.807) is 4.80 Å². The zero-order valence-electron chi connectivity index (χ0n) is 20.1. The van der Waals surface area contributed by atoms with Gasteiger partial charge in [-0.1, -0.05) is 29.8 Å². The Bertz CT molecular complexity index is 1570. The molecule has 35 heavy (non-hydrogen) atoms. The van der Waals surface area contributed by atoms with Gasteiger partial charge in [0.25, 0.3) is 5.91 Å². The number of hydrogen-bond donors (Lipinski definition) is 1. The van der Waals surface area contributed by atoms with Crippen molar-refractivity contribution in [1.29, 1.82) is 0 Å². The van der Waals surface area contributed by atoms with Gasteiger partial charge in [-0.25, -0.2) is 0 Å². The highest BCUT2D eigenvalue weighted by Gasteiger charge is 2.19. The molecule has 0 radical (unpaired) electrons. The predicted molar refractivity (Wildman–Crippen MR) is 147 cm³/mol. The first-order chi connectivity index (χ1) is 16.9. The summed E-state index contributed by atoms with van der Waals surface area (Å²) in [6.07, 6.45) is 0. The third-order valence-electron chi connectivity index (χ3n) is 6.24. The number of nitrogens with zero attached hydrogens (tertiary/aromatic N) is 4. The molecule has 0 atom stereocenters. The van der Waals surface area contributed by atoms with Crippen molar-refractivity contribution in [2.45, 2.75) is 27.7 Å². The van der Waals surface area contributed by atoms with Crippen molar-refractivity contribution >= 4 is 61.3 Å². The second kappa shape index (κ2) is 9.32. The van der Waals surface area contributed by atoms with Crippen LogP contribution in [0.5, 0.6) is 0 Å². The number of halogens is 1. The van der Waals surface area contributed by atoms with Crippen molar-refractivity contribution in [3.8, 4) is 5.69 Å². The Morgan fingerprint density at radius 1 is 1.00 bits per heavy atom. The lowest BCUT2D eigenvalue weighted by Gasteiger charge is -2.22. The van der Waals surface area contributed by atoms with Gasteiger partial charge in [0.1, 0.15) is 15.9 Å². The van der Waals surface area contributed by atoms with E-state index in [9.17, 15) is 4.79 Å². The number of carbonyl (C=O) groups is 1. The van der Waals surface area contributed by atoms with Crippen LogP contribution in [0.25, 0.3) is 26.8 Å². The van der Waals surface area contributed by atoms with E-state index in [-0.39, 0.29) is 5.91 Å². The number of hydrogen-bond acceptors (Lipinski definition) is 5. The van der Waals surface area contributed by atoms with Crippen LogP contribution in [0.15, 0.2) is 54.6 Å². The molecule has 0 aliphatic carbocycles.